The van der Waals surface area contributed by atoms with Crippen molar-refractivity contribution >= 4 is 23.0 Å². The lowest BCUT2D eigenvalue weighted by molar-refractivity contribution is -0.0493. The number of anilines is 1. The van der Waals surface area contributed by atoms with E-state index in [1.807, 2.05) is 13.0 Å². The van der Waals surface area contributed by atoms with Gasteiger partial charge in [-0.15, -0.1) is 0 Å². The Kier molecular flexibility index (Phi) is 5.73. The van der Waals surface area contributed by atoms with Gasteiger partial charge in [0.1, 0.15) is 5.75 Å². The lowest BCUT2D eigenvalue weighted by atomic mass is 9.96. The number of nitrogens with one attached hydrogen (secondary N) is 2. The van der Waals surface area contributed by atoms with Crippen molar-refractivity contribution < 1.29 is 13.5 Å². The minimum atomic E-state index is -2.85. The number of benzene rings is 1. The van der Waals surface area contributed by atoms with Gasteiger partial charge in [0.15, 0.2) is 5.11 Å². The van der Waals surface area contributed by atoms with E-state index in [1.165, 1.54) is 19.3 Å². The summed E-state index contributed by atoms with van der Waals surface area (Å²) >= 11 is 5.26. The van der Waals surface area contributed by atoms with Gasteiger partial charge in [-0.3, -0.25) is 0 Å². The van der Waals surface area contributed by atoms with Crippen LogP contribution in [0.2, 0.25) is 0 Å². The molecule has 0 heterocycles. The van der Waals surface area contributed by atoms with Gasteiger partial charge in [-0.1, -0.05) is 25.3 Å². The maximum absolute atomic E-state index is 12.4. The second kappa shape index (κ2) is 7.54. The highest BCUT2D eigenvalue weighted by Crippen LogP contribution is 2.27. The first kappa shape index (κ1) is 15.9. The summed E-state index contributed by atoms with van der Waals surface area (Å²) < 4.78 is 29.4. The summed E-state index contributed by atoms with van der Waals surface area (Å²) in [5, 5.41) is 6.64. The highest BCUT2D eigenvalue weighted by molar-refractivity contribution is 7.80. The summed E-state index contributed by atoms with van der Waals surface area (Å²) in [5.41, 5.74) is 1.30. The van der Waals surface area contributed by atoms with E-state index in [0.29, 0.717) is 16.8 Å². The summed E-state index contributed by atoms with van der Waals surface area (Å²) in [5.74, 6) is 0.109. The summed E-state index contributed by atoms with van der Waals surface area (Å²) in [4.78, 5) is 0. The lowest BCUT2D eigenvalue weighted by Crippen LogP contribution is -2.38. The molecule has 21 heavy (non-hydrogen) atoms. The fourth-order valence-corrected chi connectivity index (χ4v) is 2.79. The maximum Gasteiger partial charge on any atom is 0.387 e. The smallest absolute Gasteiger partial charge is 0.387 e. The third-order valence-corrected chi connectivity index (χ3v) is 3.76. The van der Waals surface area contributed by atoms with Crippen molar-refractivity contribution in [3.63, 3.8) is 0 Å². The molecule has 2 rings (SSSR count). The van der Waals surface area contributed by atoms with E-state index in [9.17, 15) is 8.78 Å². The molecule has 0 spiro atoms. The van der Waals surface area contributed by atoms with Gasteiger partial charge in [0, 0.05) is 6.04 Å². The zero-order chi connectivity index (χ0) is 15.2. The number of rotatable bonds is 4. The molecule has 1 aromatic carbocycles. The Hall–Kier alpha value is -1.43. The molecule has 0 amide bonds. The SMILES string of the molecule is Cc1ccc(NC(=S)NC2CCCCC2)c(OC(F)F)c1. The summed E-state index contributed by atoms with van der Waals surface area (Å²) in [6.07, 6.45) is 5.85. The Morgan fingerprint density at radius 2 is 2.00 bits per heavy atom. The molecule has 2 N–H and O–H groups in total. The first-order chi connectivity index (χ1) is 10.0. The molecule has 1 aromatic rings. The van der Waals surface area contributed by atoms with Crippen molar-refractivity contribution in [2.75, 3.05) is 5.32 Å². The van der Waals surface area contributed by atoms with Gasteiger partial charge in [0.05, 0.1) is 5.69 Å². The summed E-state index contributed by atoms with van der Waals surface area (Å²) in [6.45, 7) is -1.03. The van der Waals surface area contributed by atoms with E-state index in [2.05, 4.69) is 15.4 Å². The van der Waals surface area contributed by atoms with Gasteiger partial charge in [-0.25, -0.2) is 0 Å². The molecule has 1 saturated carbocycles. The van der Waals surface area contributed by atoms with Crippen molar-refractivity contribution in [1.29, 1.82) is 0 Å². The van der Waals surface area contributed by atoms with Crippen molar-refractivity contribution in [2.24, 2.45) is 0 Å². The van der Waals surface area contributed by atoms with Gasteiger partial charge < -0.3 is 15.4 Å². The molecule has 0 saturated heterocycles. The van der Waals surface area contributed by atoms with E-state index in [0.717, 1.165) is 18.4 Å². The second-order valence-electron chi connectivity index (χ2n) is 5.31. The van der Waals surface area contributed by atoms with Crippen molar-refractivity contribution in [3.8, 4) is 5.75 Å². The van der Waals surface area contributed by atoms with E-state index in [4.69, 9.17) is 12.2 Å². The molecule has 116 valence electrons. The molecule has 0 radical (unpaired) electrons. The van der Waals surface area contributed by atoms with Crippen LogP contribution in [0.3, 0.4) is 0 Å². The molecule has 0 aromatic heterocycles. The molecule has 0 atom stereocenters. The van der Waals surface area contributed by atoms with E-state index >= 15 is 0 Å². The van der Waals surface area contributed by atoms with Gasteiger partial charge in [-0.2, -0.15) is 8.78 Å². The lowest BCUT2D eigenvalue weighted by Gasteiger charge is -2.24. The molecule has 1 fully saturated rings. The van der Waals surface area contributed by atoms with Crippen LogP contribution >= 0.6 is 12.2 Å². The van der Waals surface area contributed by atoms with Crippen LogP contribution in [-0.2, 0) is 0 Å². The molecule has 6 heteroatoms. The molecule has 1 aliphatic rings. The molecular formula is C15H20F2N2OS. The quantitative estimate of drug-likeness (QED) is 0.816. The van der Waals surface area contributed by atoms with Crippen LogP contribution in [0, 0.1) is 6.92 Å². The van der Waals surface area contributed by atoms with Crippen LogP contribution in [0.15, 0.2) is 18.2 Å². The van der Waals surface area contributed by atoms with Crippen LogP contribution in [0.1, 0.15) is 37.7 Å². The molecular weight excluding hydrogens is 294 g/mol. The number of alkyl halides is 2. The third kappa shape index (κ3) is 5.12. The van der Waals surface area contributed by atoms with Crippen LogP contribution in [-0.4, -0.2) is 17.8 Å². The fraction of sp³-hybridized carbons (Fsp3) is 0.533. The van der Waals surface area contributed by atoms with E-state index in [1.54, 1.807) is 12.1 Å². The fourth-order valence-electron chi connectivity index (χ4n) is 2.52. The number of hydrogen-bond acceptors (Lipinski definition) is 2. The van der Waals surface area contributed by atoms with Crippen molar-refractivity contribution in [2.45, 2.75) is 51.7 Å². The normalized spacial score (nSPS) is 15.8. The summed E-state index contributed by atoms with van der Waals surface area (Å²) in [7, 11) is 0. The standard InChI is InChI=1S/C15H20F2N2OS/c1-10-7-8-12(13(9-10)20-14(16)17)19-15(21)18-11-5-3-2-4-6-11/h7-9,11,14H,2-6H2,1H3,(H2,18,19,21). The number of hydrogen-bond donors (Lipinski definition) is 2. The average Bonchev–Trinajstić information content (AvgIpc) is 2.42. The van der Waals surface area contributed by atoms with Crippen LogP contribution in [0.5, 0.6) is 5.75 Å². The van der Waals surface area contributed by atoms with Crippen LogP contribution < -0.4 is 15.4 Å². The molecule has 0 bridgehead atoms. The largest absolute Gasteiger partial charge is 0.433 e. The van der Waals surface area contributed by atoms with Gasteiger partial charge in [-0.05, 0) is 49.7 Å². The maximum atomic E-state index is 12.4. The number of aryl methyl sites for hydroxylation is 1. The van der Waals surface area contributed by atoms with Crippen molar-refractivity contribution in [1.82, 2.24) is 5.32 Å². The minimum absolute atomic E-state index is 0.109. The van der Waals surface area contributed by atoms with Gasteiger partial charge >= 0.3 is 6.61 Å². The first-order valence-electron chi connectivity index (χ1n) is 7.17. The highest BCUT2D eigenvalue weighted by Gasteiger charge is 2.15. The Labute approximate surface area is 129 Å². The topological polar surface area (TPSA) is 33.3 Å². The minimum Gasteiger partial charge on any atom is -0.433 e. The number of halogens is 2. The Morgan fingerprint density at radius 1 is 1.29 bits per heavy atom. The van der Waals surface area contributed by atoms with Crippen LogP contribution in [0.25, 0.3) is 0 Å². The van der Waals surface area contributed by atoms with E-state index < -0.39 is 6.61 Å². The van der Waals surface area contributed by atoms with Gasteiger partial charge in [0.2, 0.25) is 0 Å². The molecule has 1 aliphatic carbocycles. The monoisotopic (exact) mass is 314 g/mol. The van der Waals surface area contributed by atoms with Crippen LogP contribution in [0.4, 0.5) is 14.5 Å². The average molecular weight is 314 g/mol. The molecule has 0 unspecified atom stereocenters. The predicted molar refractivity (Wildman–Crippen MR) is 84.0 cm³/mol. The van der Waals surface area contributed by atoms with E-state index in [-0.39, 0.29) is 5.75 Å². The first-order valence-corrected chi connectivity index (χ1v) is 7.58. The van der Waals surface area contributed by atoms with Gasteiger partial charge in [0.25, 0.3) is 0 Å². The highest BCUT2D eigenvalue weighted by atomic mass is 32.1. The second-order valence-corrected chi connectivity index (χ2v) is 5.72. The number of ether oxygens (including phenoxy) is 1. The van der Waals surface area contributed by atoms with Crippen molar-refractivity contribution in [3.05, 3.63) is 23.8 Å². The zero-order valence-corrected chi connectivity index (χ0v) is 12.8. The predicted octanol–water partition coefficient (Wildman–Crippen LogP) is 4.22. The Morgan fingerprint density at radius 3 is 2.67 bits per heavy atom. The summed E-state index contributed by atoms with van der Waals surface area (Å²) in [6, 6.07) is 5.45. The zero-order valence-electron chi connectivity index (χ0n) is 12.0. The Bertz CT molecular complexity index is 491. The molecule has 3 nitrogen and oxygen atoms in total. The molecule has 0 aliphatic heterocycles. The number of thiocarbonyl (C=S) groups is 1. The Balaban J connectivity index is 1.98. The third-order valence-electron chi connectivity index (χ3n) is 3.54.